The molecule has 3 aliphatic rings. The van der Waals surface area contributed by atoms with Gasteiger partial charge < -0.3 is 0 Å². The molecule has 1 saturated carbocycles. The van der Waals surface area contributed by atoms with Crippen LogP contribution in [-0.4, -0.2) is 25.2 Å². The van der Waals surface area contributed by atoms with E-state index in [0.29, 0.717) is 16.9 Å². The number of sulfonamides is 1. The first-order valence-electron chi connectivity index (χ1n) is 10.5. The predicted molar refractivity (Wildman–Crippen MR) is 119 cm³/mol. The second kappa shape index (κ2) is 6.74. The number of pyridine rings is 1. The highest BCUT2D eigenvalue weighted by Crippen LogP contribution is 2.53. The van der Waals surface area contributed by atoms with E-state index in [1.807, 2.05) is 24.3 Å². The summed E-state index contributed by atoms with van der Waals surface area (Å²) in [4.78, 5) is 31.5. The van der Waals surface area contributed by atoms with Crippen LogP contribution in [0.2, 0.25) is 0 Å². The van der Waals surface area contributed by atoms with Crippen LogP contribution in [0, 0.1) is 23.7 Å². The molecule has 8 heteroatoms. The van der Waals surface area contributed by atoms with Crippen molar-refractivity contribution in [1.82, 2.24) is 4.98 Å². The normalized spacial score (nSPS) is 26.2. The average Bonchev–Trinajstić information content (AvgIpc) is 3.48. The number of carbonyl (C=O) groups excluding carboxylic acids is 2. The minimum absolute atomic E-state index is 0.0372. The number of aromatic nitrogens is 1. The molecule has 0 radical (unpaired) electrons. The zero-order valence-corrected chi connectivity index (χ0v) is 17.7. The second-order valence-electron chi connectivity index (χ2n) is 8.49. The molecule has 2 heterocycles. The van der Waals surface area contributed by atoms with Gasteiger partial charge in [-0.2, -0.15) is 0 Å². The average molecular weight is 446 g/mol. The first-order valence-corrected chi connectivity index (χ1v) is 12.0. The zero-order valence-electron chi connectivity index (χ0n) is 16.9. The fraction of sp³-hybridized carbons (Fsp3) is 0.208. The zero-order chi connectivity index (χ0) is 22.0. The summed E-state index contributed by atoms with van der Waals surface area (Å²) < 4.78 is 28.5. The third-order valence-electron chi connectivity index (χ3n) is 6.75. The third kappa shape index (κ3) is 2.72. The Hall–Kier alpha value is -3.52. The van der Waals surface area contributed by atoms with Crippen molar-refractivity contribution in [2.45, 2.75) is 11.3 Å². The predicted octanol–water partition coefficient (Wildman–Crippen LogP) is 3.35. The lowest BCUT2D eigenvalue weighted by molar-refractivity contribution is -0.123. The first kappa shape index (κ1) is 19.2. The van der Waals surface area contributed by atoms with Gasteiger partial charge in [-0.1, -0.05) is 30.4 Å². The minimum atomic E-state index is -3.88. The number of hydrogen-bond donors (Lipinski definition) is 1. The van der Waals surface area contributed by atoms with Crippen LogP contribution in [0.25, 0.3) is 10.9 Å². The van der Waals surface area contributed by atoms with Gasteiger partial charge in [-0.25, -0.2) is 8.42 Å². The molecule has 7 nitrogen and oxygen atoms in total. The number of rotatable bonds is 4. The van der Waals surface area contributed by atoms with Crippen LogP contribution in [0.3, 0.4) is 0 Å². The molecule has 1 saturated heterocycles. The van der Waals surface area contributed by atoms with E-state index in [9.17, 15) is 18.0 Å². The van der Waals surface area contributed by atoms with Gasteiger partial charge in [0.05, 0.1) is 33.6 Å². The van der Waals surface area contributed by atoms with Crippen molar-refractivity contribution in [3.8, 4) is 0 Å². The van der Waals surface area contributed by atoms with Crippen molar-refractivity contribution in [3.63, 3.8) is 0 Å². The Labute approximate surface area is 184 Å². The Bertz CT molecular complexity index is 1380. The van der Waals surface area contributed by atoms with Crippen molar-refractivity contribution in [1.29, 1.82) is 0 Å². The SMILES string of the molecule is O=C1C2C3C=CC(C3)C2C(=O)N1c1ccc(S(=O)(=O)Nc2cccc3cccnc23)cc1. The Morgan fingerprint density at radius 3 is 2.22 bits per heavy atom. The quantitative estimate of drug-likeness (QED) is 0.491. The van der Waals surface area contributed by atoms with E-state index in [1.165, 1.54) is 29.2 Å². The molecule has 2 aromatic carbocycles. The number of nitrogens with one attached hydrogen (secondary N) is 1. The van der Waals surface area contributed by atoms with Gasteiger partial charge in [0.2, 0.25) is 11.8 Å². The molecule has 1 N–H and O–H groups in total. The van der Waals surface area contributed by atoms with Crippen molar-refractivity contribution < 1.29 is 18.0 Å². The summed E-state index contributed by atoms with van der Waals surface area (Å²) in [5.74, 6) is -0.697. The molecule has 2 aliphatic carbocycles. The number of fused-ring (bicyclic) bond motifs is 6. The Balaban J connectivity index is 1.28. The molecule has 2 amide bonds. The summed E-state index contributed by atoms with van der Waals surface area (Å²) in [6.07, 6.45) is 6.57. The maximum atomic E-state index is 13.0. The van der Waals surface area contributed by atoms with Crippen LogP contribution in [0.1, 0.15) is 6.42 Å². The standard InChI is InChI=1S/C24H19N3O4S/c28-23-20-15-6-7-16(13-15)21(20)24(29)27(23)17-8-10-18(11-9-17)32(30,31)26-19-5-1-3-14-4-2-12-25-22(14)19/h1-12,15-16,20-21,26H,13H2. The van der Waals surface area contributed by atoms with E-state index in [4.69, 9.17) is 0 Å². The molecular formula is C24H19N3O4S. The van der Waals surface area contributed by atoms with Gasteiger partial charge >= 0.3 is 0 Å². The van der Waals surface area contributed by atoms with E-state index in [-0.39, 0.29) is 40.4 Å². The lowest BCUT2D eigenvalue weighted by atomic mass is 9.85. The number of nitrogens with zero attached hydrogens (tertiary/aromatic N) is 2. The fourth-order valence-corrected chi connectivity index (χ4v) is 6.39. The minimum Gasteiger partial charge on any atom is -0.277 e. The molecule has 32 heavy (non-hydrogen) atoms. The molecular weight excluding hydrogens is 426 g/mol. The van der Waals surface area contributed by atoms with Gasteiger partial charge in [0.1, 0.15) is 0 Å². The highest BCUT2D eigenvalue weighted by atomic mass is 32.2. The van der Waals surface area contributed by atoms with Crippen molar-refractivity contribution in [3.05, 3.63) is 72.9 Å². The maximum Gasteiger partial charge on any atom is 0.261 e. The van der Waals surface area contributed by atoms with Gasteiger partial charge in [-0.3, -0.25) is 24.2 Å². The summed E-state index contributed by atoms with van der Waals surface area (Å²) in [6.45, 7) is 0. The van der Waals surface area contributed by atoms with Crippen molar-refractivity contribution in [2.75, 3.05) is 9.62 Å². The molecule has 2 fully saturated rings. The molecule has 4 unspecified atom stereocenters. The Morgan fingerprint density at radius 1 is 0.875 bits per heavy atom. The molecule has 1 aromatic heterocycles. The molecule has 3 aromatic rings. The molecule has 1 aliphatic heterocycles. The van der Waals surface area contributed by atoms with E-state index < -0.39 is 10.0 Å². The van der Waals surface area contributed by atoms with Crippen LogP contribution in [0.5, 0.6) is 0 Å². The van der Waals surface area contributed by atoms with Crippen molar-refractivity contribution in [2.24, 2.45) is 23.7 Å². The van der Waals surface area contributed by atoms with Gasteiger partial charge in [-0.15, -0.1) is 0 Å². The topological polar surface area (TPSA) is 96.4 Å². The van der Waals surface area contributed by atoms with Crippen LogP contribution in [0.15, 0.2) is 77.8 Å². The maximum absolute atomic E-state index is 13.0. The fourth-order valence-electron chi connectivity index (χ4n) is 5.32. The van der Waals surface area contributed by atoms with Crippen LogP contribution >= 0.6 is 0 Å². The molecule has 2 bridgehead atoms. The highest BCUT2D eigenvalue weighted by molar-refractivity contribution is 7.92. The smallest absolute Gasteiger partial charge is 0.261 e. The molecule has 160 valence electrons. The Kier molecular flexibility index (Phi) is 4.04. The number of imide groups is 1. The van der Waals surface area contributed by atoms with Gasteiger partial charge in [0.25, 0.3) is 10.0 Å². The van der Waals surface area contributed by atoms with E-state index in [1.54, 1.807) is 24.4 Å². The number of anilines is 2. The second-order valence-corrected chi connectivity index (χ2v) is 10.2. The van der Waals surface area contributed by atoms with Gasteiger partial charge in [0, 0.05) is 11.6 Å². The highest BCUT2D eigenvalue weighted by Gasteiger charge is 2.59. The first-order chi connectivity index (χ1) is 15.4. The molecule has 0 spiro atoms. The largest absolute Gasteiger partial charge is 0.277 e. The van der Waals surface area contributed by atoms with Gasteiger partial charge in [-0.05, 0) is 54.7 Å². The number of para-hydroxylation sites is 1. The molecule has 6 rings (SSSR count). The summed E-state index contributed by atoms with van der Waals surface area (Å²) in [5, 5.41) is 0.822. The van der Waals surface area contributed by atoms with Gasteiger partial charge in [0.15, 0.2) is 0 Å². The lowest BCUT2D eigenvalue weighted by Gasteiger charge is -2.18. The monoisotopic (exact) mass is 445 g/mol. The lowest BCUT2D eigenvalue weighted by Crippen LogP contribution is -2.32. The summed E-state index contributed by atoms with van der Waals surface area (Å²) in [5.41, 5.74) is 1.34. The molecule has 4 atom stereocenters. The number of amides is 2. The summed E-state index contributed by atoms with van der Waals surface area (Å²) >= 11 is 0. The third-order valence-corrected chi connectivity index (χ3v) is 8.13. The number of carbonyl (C=O) groups is 2. The van der Waals surface area contributed by atoms with E-state index in [2.05, 4.69) is 9.71 Å². The number of hydrogen-bond acceptors (Lipinski definition) is 5. The van der Waals surface area contributed by atoms with Crippen LogP contribution in [-0.2, 0) is 19.6 Å². The van der Waals surface area contributed by atoms with Crippen LogP contribution in [0.4, 0.5) is 11.4 Å². The van der Waals surface area contributed by atoms with E-state index >= 15 is 0 Å². The number of allylic oxidation sites excluding steroid dienone is 2. The Morgan fingerprint density at radius 2 is 1.53 bits per heavy atom. The van der Waals surface area contributed by atoms with Crippen LogP contribution < -0.4 is 9.62 Å². The summed E-state index contributed by atoms with van der Waals surface area (Å²) in [7, 11) is -3.88. The number of benzene rings is 2. The summed E-state index contributed by atoms with van der Waals surface area (Å²) in [6, 6.07) is 14.8. The van der Waals surface area contributed by atoms with Crippen molar-refractivity contribution >= 4 is 44.1 Å². The van der Waals surface area contributed by atoms with E-state index in [0.717, 1.165) is 11.8 Å².